The first-order valence-electron chi connectivity index (χ1n) is 5.95. The Morgan fingerprint density at radius 1 is 1.31 bits per heavy atom. The molecule has 0 aliphatic heterocycles. The summed E-state index contributed by atoms with van der Waals surface area (Å²) < 4.78 is 0. The van der Waals surface area contributed by atoms with Gasteiger partial charge >= 0.3 is 0 Å². The minimum Gasteiger partial charge on any atom is -0.340 e. The van der Waals surface area contributed by atoms with Crippen LogP contribution in [0.3, 0.4) is 0 Å². The van der Waals surface area contributed by atoms with Crippen molar-refractivity contribution in [3.63, 3.8) is 0 Å². The van der Waals surface area contributed by atoms with Crippen molar-refractivity contribution in [3.8, 4) is 0 Å². The number of pyridine rings is 1. The van der Waals surface area contributed by atoms with Crippen molar-refractivity contribution in [1.82, 2.24) is 15.0 Å². The fraction of sp³-hybridized carbons (Fsp3) is 0.538. The fourth-order valence-electron chi connectivity index (χ4n) is 2.01. The molecule has 2 rings (SSSR count). The molecule has 0 radical (unpaired) electrons. The zero-order chi connectivity index (χ0) is 11.7. The number of aromatic amines is 1. The average molecular weight is 217 g/mol. The van der Waals surface area contributed by atoms with Gasteiger partial charge in [0, 0.05) is 12.1 Å². The van der Waals surface area contributed by atoms with Crippen LogP contribution in [0, 0.1) is 12.8 Å². The van der Waals surface area contributed by atoms with Crippen molar-refractivity contribution < 1.29 is 0 Å². The van der Waals surface area contributed by atoms with E-state index in [1.54, 1.807) is 0 Å². The minimum absolute atomic E-state index is 0.651. The van der Waals surface area contributed by atoms with E-state index in [2.05, 4.69) is 41.8 Å². The van der Waals surface area contributed by atoms with Gasteiger partial charge in [0.05, 0.1) is 5.52 Å². The Hall–Kier alpha value is -1.38. The second-order valence-electron chi connectivity index (χ2n) is 4.76. The van der Waals surface area contributed by atoms with E-state index in [0.717, 1.165) is 35.5 Å². The summed E-state index contributed by atoms with van der Waals surface area (Å²) in [5.41, 5.74) is 4.38. The zero-order valence-corrected chi connectivity index (χ0v) is 10.5. The van der Waals surface area contributed by atoms with Crippen LogP contribution < -0.4 is 0 Å². The second-order valence-corrected chi connectivity index (χ2v) is 4.76. The number of aryl methyl sites for hydroxylation is 2. The largest absolute Gasteiger partial charge is 0.340 e. The lowest BCUT2D eigenvalue weighted by Gasteiger charge is -2.06. The van der Waals surface area contributed by atoms with E-state index in [9.17, 15) is 0 Å². The molecule has 0 aromatic carbocycles. The van der Waals surface area contributed by atoms with Gasteiger partial charge in [0.1, 0.15) is 5.82 Å². The van der Waals surface area contributed by atoms with Gasteiger partial charge in [0.25, 0.3) is 0 Å². The van der Waals surface area contributed by atoms with E-state index in [1.807, 2.05) is 6.92 Å². The van der Waals surface area contributed by atoms with Gasteiger partial charge in [-0.2, -0.15) is 0 Å². The molecule has 86 valence electrons. The summed E-state index contributed by atoms with van der Waals surface area (Å²) in [6, 6.07) is 2.17. The Morgan fingerprint density at radius 3 is 2.69 bits per heavy atom. The highest BCUT2D eigenvalue weighted by Gasteiger charge is 2.10. The normalized spacial score (nSPS) is 11.6. The number of hydrogen-bond acceptors (Lipinski definition) is 2. The predicted octanol–water partition coefficient (Wildman–Crippen LogP) is 3.03. The number of aromatic nitrogens is 3. The molecule has 2 aromatic rings. The molecule has 0 bridgehead atoms. The molecule has 0 saturated heterocycles. The maximum atomic E-state index is 4.49. The Bertz CT molecular complexity index is 497. The van der Waals surface area contributed by atoms with E-state index in [0.29, 0.717) is 5.92 Å². The number of nitrogens with zero attached hydrogens (tertiary/aromatic N) is 2. The van der Waals surface area contributed by atoms with E-state index in [4.69, 9.17) is 0 Å². The first kappa shape index (κ1) is 11.1. The number of nitrogens with one attached hydrogen (secondary N) is 1. The van der Waals surface area contributed by atoms with Crippen molar-refractivity contribution in [2.75, 3.05) is 0 Å². The highest BCUT2D eigenvalue weighted by Crippen LogP contribution is 2.19. The maximum Gasteiger partial charge on any atom is 0.178 e. The van der Waals surface area contributed by atoms with Crippen LogP contribution in [0.25, 0.3) is 11.2 Å². The summed E-state index contributed by atoms with van der Waals surface area (Å²) in [5, 5.41) is 0. The Labute approximate surface area is 96.3 Å². The molecule has 3 nitrogen and oxygen atoms in total. The molecule has 16 heavy (non-hydrogen) atoms. The van der Waals surface area contributed by atoms with Crippen LogP contribution in [-0.2, 0) is 12.8 Å². The lowest BCUT2D eigenvalue weighted by Crippen LogP contribution is -1.97. The average Bonchev–Trinajstić information content (AvgIpc) is 2.59. The van der Waals surface area contributed by atoms with Crippen LogP contribution in [-0.4, -0.2) is 15.0 Å². The number of imidazole rings is 1. The quantitative estimate of drug-likeness (QED) is 0.858. The predicted molar refractivity (Wildman–Crippen MR) is 66.5 cm³/mol. The summed E-state index contributed by atoms with van der Waals surface area (Å²) >= 11 is 0. The Kier molecular flexibility index (Phi) is 2.95. The highest BCUT2D eigenvalue weighted by atomic mass is 15.0. The van der Waals surface area contributed by atoms with Gasteiger partial charge in [0.15, 0.2) is 5.65 Å². The van der Waals surface area contributed by atoms with E-state index in [1.165, 1.54) is 5.56 Å². The molecule has 0 amide bonds. The molecule has 0 aliphatic carbocycles. The molecule has 2 aromatic heterocycles. The van der Waals surface area contributed by atoms with Crippen molar-refractivity contribution >= 4 is 11.2 Å². The van der Waals surface area contributed by atoms with Gasteiger partial charge in [-0.05, 0) is 30.9 Å². The van der Waals surface area contributed by atoms with Crippen LogP contribution in [0.4, 0.5) is 0 Å². The van der Waals surface area contributed by atoms with E-state index in [-0.39, 0.29) is 0 Å². The van der Waals surface area contributed by atoms with Gasteiger partial charge in [-0.25, -0.2) is 9.97 Å². The molecule has 0 unspecified atom stereocenters. The number of hydrogen-bond donors (Lipinski definition) is 1. The minimum atomic E-state index is 0.651. The van der Waals surface area contributed by atoms with E-state index >= 15 is 0 Å². The Balaban J connectivity index is 2.56. The summed E-state index contributed by atoms with van der Waals surface area (Å²) in [4.78, 5) is 12.3. The summed E-state index contributed by atoms with van der Waals surface area (Å²) in [6.45, 7) is 8.60. The summed E-state index contributed by atoms with van der Waals surface area (Å²) in [5.74, 6) is 1.68. The van der Waals surface area contributed by atoms with Crippen molar-refractivity contribution in [1.29, 1.82) is 0 Å². The van der Waals surface area contributed by atoms with Gasteiger partial charge in [-0.3, -0.25) is 0 Å². The van der Waals surface area contributed by atoms with Gasteiger partial charge in [-0.1, -0.05) is 20.8 Å². The van der Waals surface area contributed by atoms with Crippen LogP contribution >= 0.6 is 0 Å². The van der Waals surface area contributed by atoms with E-state index < -0.39 is 0 Å². The monoisotopic (exact) mass is 217 g/mol. The molecule has 3 heteroatoms. The number of fused-ring (bicyclic) bond motifs is 1. The summed E-state index contributed by atoms with van der Waals surface area (Å²) in [7, 11) is 0. The zero-order valence-electron chi connectivity index (χ0n) is 10.5. The molecule has 2 heterocycles. The van der Waals surface area contributed by atoms with Gasteiger partial charge < -0.3 is 4.98 Å². The number of rotatable bonds is 3. The van der Waals surface area contributed by atoms with Crippen molar-refractivity contribution in [2.45, 2.75) is 40.5 Å². The molecule has 0 spiro atoms. The van der Waals surface area contributed by atoms with Crippen molar-refractivity contribution in [3.05, 3.63) is 23.1 Å². The van der Waals surface area contributed by atoms with Gasteiger partial charge in [-0.15, -0.1) is 0 Å². The second kappa shape index (κ2) is 4.24. The molecule has 0 aliphatic rings. The molecule has 0 saturated carbocycles. The smallest absolute Gasteiger partial charge is 0.178 e. The lowest BCUT2D eigenvalue weighted by molar-refractivity contribution is 0.649. The molecule has 0 atom stereocenters. The molecular weight excluding hydrogens is 198 g/mol. The topological polar surface area (TPSA) is 41.6 Å². The van der Waals surface area contributed by atoms with Crippen molar-refractivity contribution in [2.24, 2.45) is 5.92 Å². The van der Waals surface area contributed by atoms with Crippen LogP contribution in [0.1, 0.15) is 37.9 Å². The fourth-order valence-corrected chi connectivity index (χ4v) is 2.01. The lowest BCUT2D eigenvalue weighted by atomic mass is 10.0. The van der Waals surface area contributed by atoms with Crippen LogP contribution in [0.5, 0.6) is 0 Å². The molecular formula is C13H19N3. The maximum absolute atomic E-state index is 4.49. The Morgan fingerprint density at radius 2 is 2.06 bits per heavy atom. The molecule has 1 N–H and O–H groups in total. The summed E-state index contributed by atoms with van der Waals surface area (Å²) in [6.07, 6.45) is 2.00. The SMILES string of the molecule is CCc1nc2nc(C)cc(CC(C)C)c2[nH]1. The third-order valence-corrected chi connectivity index (χ3v) is 2.68. The first-order chi connectivity index (χ1) is 7.60. The third-order valence-electron chi connectivity index (χ3n) is 2.68. The van der Waals surface area contributed by atoms with Crippen LogP contribution in [0.15, 0.2) is 6.07 Å². The standard InChI is InChI=1S/C13H19N3/c1-5-11-15-12-10(6-8(2)3)7-9(4)14-13(12)16-11/h7-8H,5-6H2,1-4H3,(H,14,15,16). The third kappa shape index (κ3) is 2.08. The molecule has 0 fully saturated rings. The highest BCUT2D eigenvalue weighted by molar-refractivity contribution is 5.75. The first-order valence-corrected chi connectivity index (χ1v) is 5.95. The van der Waals surface area contributed by atoms with Crippen LogP contribution in [0.2, 0.25) is 0 Å². The van der Waals surface area contributed by atoms with Gasteiger partial charge in [0.2, 0.25) is 0 Å². The number of H-pyrrole nitrogens is 1.